The lowest BCUT2D eigenvalue weighted by Gasteiger charge is -2.40. The van der Waals surface area contributed by atoms with Crippen molar-refractivity contribution in [3.05, 3.63) is 0 Å². The molecule has 72 valence electrons. The van der Waals surface area contributed by atoms with E-state index in [0.717, 1.165) is 0 Å². The Labute approximate surface area is 73.0 Å². The lowest BCUT2D eigenvalue weighted by molar-refractivity contribution is -0.00955. The monoisotopic (exact) mass is 193 g/mol. The molecule has 0 aliphatic carbocycles. The number of ether oxygens (including phenoxy) is 1. The quantitative estimate of drug-likeness (QED) is 0.658. The van der Waals surface area contributed by atoms with E-state index in [2.05, 4.69) is 0 Å². The van der Waals surface area contributed by atoms with Gasteiger partial charge in [0.05, 0.1) is 18.5 Å². The highest BCUT2D eigenvalue weighted by atomic mass is 32.2. The Morgan fingerprint density at radius 1 is 1.50 bits per heavy atom. The summed E-state index contributed by atoms with van der Waals surface area (Å²) in [4.78, 5) is 0. The van der Waals surface area contributed by atoms with Crippen LogP contribution in [0.3, 0.4) is 0 Å². The van der Waals surface area contributed by atoms with Gasteiger partial charge in [0, 0.05) is 6.54 Å². The third-order valence-electron chi connectivity index (χ3n) is 2.33. The molecule has 12 heavy (non-hydrogen) atoms. The first-order valence-corrected chi connectivity index (χ1v) is 5.52. The Morgan fingerprint density at radius 2 is 2.00 bits per heavy atom. The first-order valence-electron chi connectivity index (χ1n) is 3.97. The second kappa shape index (κ2) is 2.97. The van der Waals surface area contributed by atoms with E-state index in [9.17, 15) is 8.42 Å². The van der Waals surface area contributed by atoms with Crippen molar-refractivity contribution in [1.29, 1.82) is 0 Å². The maximum Gasteiger partial charge on any atom is 0.164 e. The van der Waals surface area contributed by atoms with Gasteiger partial charge in [-0.25, -0.2) is 8.42 Å². The van der Waals surface area contributed by atoms with Gasteiger partial charge in [-0.05, 0) is 13.8 Å². The Hall–Kier alpha value is -0.130. The molecule has 2 N–H and O–H groups in total. The molecule has 0 spiro atoms. The summed E-state index contributed by atoms with van der Waals surface area (Å²) in [6.07, 6.45) is 0. The van der Waals surface area contributed by atoms with Crippen LogP contribution in [0.25, 0.3) is 0 Å². The molecule has 1 aliphatic heterocycles. The summed E-state index contributed by atoms with van der Waals surface area (Å²) in [7, 11) is -3.10. The normalized spacial score (nSPS) is 22.3. The molecule has 0 radical (unpaired) electrons. The van der Waals surface area contributed by atoms with Crippen LogP contribution in [0.1, 0.15) is 13.8 Å². The zero-order valence-electron chi connectivity index (χ0n) is 7.41. The zero-order chi connectivity index (χ0) is 9.41. The summed E-state index contributed by atoms with van der Waals surface area (Å²) in [6.45, 7) is 4.01. The second-order valence-corrected chi connectivity index (χ2v) is 6.37. The lowest BCUT2D eigenvalue weighted by Crippen LogP contribution is -2.62. The van der Waals surface area contributed by atoms with Gasteiger partial charge in [-0.3, -0.25) is 0 Å². The summed E-state index contributed by atoms with van der Waals surface area (Å²) in [5.41, 5.74) is 5.43. The van der Waals surface area contributed by atoms with Crippen LogP contribution in [0.2, 0.25) is 0 Å². The van der Waals surface area contributed by atoms with Gasteiger partial charge < -0.3 is 10.5 Å². The molecule has 0 amide bonds. The van der Waals surface area contributed by atoms with E-state index in [0.29, 0.717) is 0 Å². The number of nitrogens with two attached hydrogens (primary N) is 1. The van der Waals surface area contributed by atoms with Crippen molar-refractivity contribution in [3.8, 4) is 0 Å². The van der Waals surface area contributed by atoms with Crippen LogP contribution in [0.4, 0.5) is 0 Å². The van der Waals surface area contributed by atoms with Gasteiger partial charge in [0.1, 0.15) is 4.75 Å². The molecule has 0 aromatic heterocycles. The molecule has 1 fully saturated rings. The fourth-order valence-electron chi connectivity index (χ4n) is 1.23. The standard InChI is InChI=1S/C7H15NO3S/c1-6(2)12(9,10)7(3-8)4-11-5-7/h6H,3-5,8H2,1-2H3. The van der Waals surface area contributed by atoms with Crippen molar-refractivity contribution < 1.29 is 13.2 Å². The highest BCUT2D eigenvalue weighted by Crippen LogP contribution is 2.28. The molecule has 0 aromatic rings. The first-order chi connectivity index (χ1) is 5.46. The van der Waals surface area contributed by atoms with E-state index in [1.807, 2.05) is 0 Å². The minimum atomic E-state index is -3.10. The number of hydrogen-bond acceptors (Lipinski definition) is 4. The maximum absolute atomic E-state index is 11.7. The van der Waals surface area contributed by atoms with Crippen LogP contribution in [0.5, 0.6) is 0 Å². The third-order valence-corrected chi connectivity index (χ3v) is 5.18. The van der Waals surface area contributed by atoms with E-state index in [4.69, 9.17) is 10.5 Å². The third kappa shape index (κ3) is 1.16. The van der Waals surface area contributed by atoms with Crippen LogP contribution in [-0.4, -0.2) is 38.2 Å². The zero-order valence-corrected chi connectivity index (χ0v) is 8.23. The molecule has 0 atom stereocenters. The molecule has 0 unspecified atom stereocenters. The van der Waals surface area contributed by atoms with E-state index in [1.54, 1.807) is 13.8 Å². The predicted octanol–water partition coefficient (Wildman–Crippen LogP) is -0.463. The van der Waals surface area contributed by atoms with Crippen molar-refractivity contribution >= 4 is 9.84 Å². The van der Waals surface area contributed by atoms with E-state index >= 15 is 0 Å². The van der Waals surface area contributed by atoms with Gasteiger partial charge in [-0.1, -0.05) is 0 Å². The average Bonchev–Trinajstić information content (AvgIpc) is 1.85. The fraction of sp³-hybridized carbons (Fsp3) is 1.00. The van der Waals surface area contributed by atoms with Crippen LogP contribution in [0.15, 0.2) is 0 Å². The molecule has 1 aliphatic rings. The van der Waals surface area contributed by atoms with Gasteiger partial charge in [-0.15, -0.1) is 0 Å². The molecule has 0 bridgehead atoms. The van der Waals surface area contributed by atoms with Crippen LogP contribution in [-0.2, 0) is 14.6 Å². The number of sulfone groups is 1. The highest BCUT2D eigenvalue weighted by Gasteiger charge is 2.50. The molecule has 4 nitrogen and oxygen atoms in total. The Kier molecular flexibility index (Phi) is 2.47. The van der Waals surface area contributed by atoms with Gasteiger partial charge in [0.2, 0.25) is 0 Å². The molecule has 1 saturated heterocycles. The maximum atomic E-state index is 11.7. The van der Waals surface area contributed by atoms with Crippen molar-refractivity contribution in [2.45, 2.75) is 23.8 Å². The predicted molar refractivity (Wildman–Crippen MR) is 46.7 cm³/mol. The van der Waals surface area contributed by atoms with Crippen LogP contribution >= 0.6 is 0 Å². The Balaban J connectivity index is 2.93. The fourth-order valence-corrected chi connectivity index (χ4v) is 2.96. The highest BCUT2D eigenvalue weighted by molar-refractivity contribution is 7.93. The van der Waals surface area contributed by atoms with Gasteiger partial charge in [-0.2, -0.15) is 0 Å². The summed E-state index contributed by atoms with van der Waals surface area (Å²) < 4.78 is 27.5. The van der Waals surface area contributed by atoms with Gasteiger partial charge in [0.25, 0.3) is 0 Å². The minimum absolute atomic E-state index is 0.160. The van der Waals surface area contributed by atoms with Crippen molar-refractivity contribution in [2.75, 3.05) is 19.8 Å². The van der Waals surface area contributed by atoms with E-state index < -0.39 is 14.6 Å². The van der Waals surface area contributed by atoms with Crippen molar-refractivity contribution in [3.63, 3.8) is 0 Å². The van der Waals surface area contributed by atoms with Gasteiger partial charge >= 0.3 is 0 Å². The van der Waals surface area contributed by atoms with E-state index in [-0.39, 0.29) is 25.0 Å². The topological polar surface area (TPSA) is 69.4 Å². The number of hydrogen-bond donors (Lipinski definition) is 1. The number of rotatable bonds is 3. The van der Waals surface area contributed by atoms with Gasteiger partial charge in [0.15, 0.2) is 9.84 Å². The minimum Gasteiger partial charge on any atom is -0.378 e. The average molecular weight is 193 g/mol. The second-order valence-electron chi connectivity index (χ2n) is 3.47. The van der Waals surface area contributed by atoms with Crippen molar-refractivity contribution in [2.24, 2.45) is 5.73 Å². The summed E-state index contributed by atoms with van der Waals surface area (Å²) in [5.74, 6) is 0. The molecular formula is C7H15NO3S. The Morgan fingerprint density at radius 3 is 2.08 bits per heavy atom. The molecular weight excluding hydrogens is 178 g/mol. The first kappa shape index (κ1) is 9.95. The largest absolute Gasteiger partial charge is 0.378 e. The van der Waals surface area contributed by atoms with Crippen LogP contribution in [0, 0.1) is 0 Å². The van der Waals surface area contributed by atoms with Crippen molar-refractivity contribution in [1.82, 2.24) is 0 Å². The van der Waals surface area contributed by atoms with E-state index in [1.165, 1.54) is 0 Å². The summed E-state index contributed by atoms with van der Waals surface area (Å²) in [6, 6.07) is 0. The SMILES string of the molecule is CC(C)S(=O)(=O)C1(CN)COC1. The molecule has 5 heteroatoms. The summed E-state index contributed by atoms with van der Waals surface area (Å²) in [5, 5.41) is -0.370. The lowest BCUT2D eigenvalue weighted by atomic mass is 10.1. The Bertz CT molecular complexity index is 248. The molecule has 0 saturated carbocycles. The van der Waals surface area contributed by atoms with Crippen LogP contribution < -0.4 is 5.73 Å². The molecule has 0 aromatic carbocycles. The molecule has 1 rings (SSSR count). The smallest absolute Gasteiger partial charge is 0.164 e. The molecule has 1 heterocycles. The summed E-state index contributed by atoms with van der Waals surface area (Å²) >= 11 is 0.